The third kappa shape index (κ3) is 3.47. The van der Waals surface area contributed by atoms with Crippen LogP contribution in [0.3, 0.4) is 0 Å². The molecule has 0 fully saturated rings. The summed E-state index contributed by atoms with van der Waals surface area (Å²) in [7, 11) is -2.96. The monoisotopic (exact) mass is 234 g/mol. The molecule has 0 aromatic rings. The van der Waals surface area contributed by atoms with Gasteiger partial charge in [0, 0.05) is 0 Å². The molecule has 3 heteroatoms. The van der Waals surface area contributed by atoms with E-state index in [1.54, 1.807) is 0 Å². The molecule has 0 aliphatic heterocycles. The molecule has 0 spiro atoms. The first kappa shape index (κ1) is 14.9. The van der Waals surface area contributed by atoms with Crippen molar-refractivity contribution >= 4 is 9.84 Å². The van der Waals surface area contributed by atoms with Gasteiger partial charge in [0.15, 0.2) is 9.84 Å². The van der Waals surface area contributed by atoms with E-state index in [1.807, 2.05) is 41.5 Å². The van der Waals surface area contributed by atoms with Gasteiger partial charge >= 0.3 is 0 Å². The number of hydrogen-bond donors (Lipinski definition) is 0. The highest BCUT2D eigenvalue weighted by atomic mass is 32.2. The SMILES string of the molecule is CCC(C)C(C)S(=O)(=O)C(C)C(C)CC. The van der Waals surface area contributed by atoms with Crippen LogP contribution in [0.2, 0.25) is 0 Å². The third-order valence-electron chi connectivity index (χ3n) is 3.93. The Balaban J connectivity index is 4.82. The van der Waals surface area contributed by atoms with E-state index in [1.165, 1.54) is 0 Å². The lowest BCUT2D eigenvalue weighted by Gasteiger charge is -2.26. The first-order valence-electron chi connectivity index (χ1n) is 6.01. The van der Waals surface area contributed by atoms with Crippen LogP contribution in [0.25, 0.3) is 0 Å². The van der Waals surface area contributed by atoms with Gasteiger partial charge in [-0.05, 0) is 25.7 Å². The first-order valence-corrected chi connectivity index (χ1v) is 7.62. The van der Waals surface area contributed by atoms with Crippen LogP contribution in [0.5, 0.6) is 0 Å². The quantitative estimate of drug-likeness (QED) is 0.707. The van der Waals surface area contributed by atoms with Crippen LogP contribution in [0.4, 0.5) is 0 Å². The summed E-state index contributed by atoms with van der Waals surface area (Å²) in [5.74, 6) is 0.503. The molecule has 0 amide bonds. The van der Waals surface area contributed by atoms with Crippen LogP contribution >= 0.6 is 0 Å². The van der Waals surface area contributed by atoms with Crippen molar-refractivity contribution in [2.75, 3.05) is 0 Å². The minimum Gasteiger partial charge on any atom is -0.228 e. The molecular formula is C12H26O2S. The minimum atomic E-state index is -2.96. The maximum atomic E-state index is 12.2. The molecule has 0 saturated carbocycles. The molecule has 0 radical (unpaired) electrons. The highest BCUT2D eigenvalue weighted by Gasteiger charge is 2.33. The second-order valence-corrected chi connectivity index (χ2v) is 7.44. The lowest BCUT2D eigenvalue weighted by Crippen LogP contribution is -2.35. The van der Waals surface area contributed by atoms with E-state index >= 15 is 0 Å². The summed E-state index contributed by atoms with van der Waals surface area (Å²) in [6.45, 7) is 11.8. The Hall–Kier alpha value is -0.0500. The summed E-state index contributed by atoms with van der Waals surface area (Å²) in [6.07, 6.45) is 1.85. The minimum absolute atomic E-state index is 0.216. The van der Waals surface area contributed by atoms with Crippen molar-refractivity contribution in [1.82, 2.24) is 0 Å². The normalized spacial score (nSPS) is 20.7. The van der Waals surface area contributed by atoms with Crippen LogP contribution in [0, 0.1) is 11.8 Å². The van der Waals surface area contributed by atoms with Crippen molar-refractivity contribution in [3.63, 3.8) is 0 Å². The fourth-order valence-corrected chi connectivity index (χ4v) is 4.01. The average molecular weight is 234 g/mol. The Kier molecular flexibility index (Phi) is 5.86. The molecule has 0 saturated heterocycles. The van der Waals surface area contributed by atoms with Crippen molar-refractivity contribution in [1.29, 1.82) is 0 Å². The molecule has 4 unspecified atom stereocenters. The highest BCUT2D eigenvalue weighted by molar-refractivity contribution is 7.92. The molecule has 0 bridgehead atoms. The molecule has 0 aliphatic rings. The van der Waals surface area contributed by atoms with Gasteiger partial charge in [-0.2, -0.15) is 0 Å². The Bertz CT molecular complexity index is 247. The fourth-order valence-electron chi connectivity index (χ4n) is 1.65. The summed E-state index contributed by atoms with van der Waals surface area (Å²) < 4.78 is 24.5. The topological polar surface area (TPSA) is 34.1 Å². The maximum absolute atomic E-state index is 12.2. The van der Waals surface area contributed by atoms with E-state index < -0.39 is 9.84 Å². The second kappa shape index (κ2) is 5.88. The molecule has 0 N–H and O–H groups in total. The predicted octanol–water partition coefficient (Wildman–Crippen LogP) is 3.27. The van der Waals surface area contributed by atoms with Crippen LogP contribution < -0.4 is 0 Å². The van der Waals surface area contributed by atoms with Crippen LogP contribution in [-0.4, -0.2) is 18.9 Å². The first-order chi connectivity index (χ1) is 6.78. The number of hydrogen-bond acceptors (Lipinski definition) is 2. The van der Waals surface area contributed by atoms with Crippen molar-refractivity contribution in [3.8, 4) is 0 Å². The third-order valence-corrected chi connectivity index (χ3v) is 6.93. The maximum Gasteiger partial charge on any atom is 0.155 e. The molecule has 0 heterocycles. The molecule has 2 nitrogen and oxygen atoms in total. The Morgan fingerprint density at radius 2 is 1.07 bits per heavy atom. The van der Waals surface area contributed by atoms with Gasteiger partial charge < -0.3 is 0 Å². The molecule has 92 valence electrons. The lowest BCUT2D eigenvalue weighted by molar-refractivity contribution is 0.472. The van der Waals surface area contributed by atoms with E-state index in [4.69, 9.17) is 0 Å². The van der Waals surface area contributed by atoms with Crippen molar-refractivity contribution in [2.24, 2.45) is 11.8 Å². The average Bonchev–Trinajstić information content (AvgIpc) is 2.24. The number of rotatable bonds is 6. The van der Waals surface area contributed by atoms with Crippen molar-refractivity contribution in [3.05, 3.63) is 0 Å². The highest BCUT2D eigenvalue weighted by Crippen LogP contribution is 2.24. The van der Waals surface area contributed by atoms with Gasteiger partial charge in [-0.15, -0.1) is 0 Å². The summed E-state index contributed by atoms with van der Waals surface area (Å²) in [5.41, 5.74) is 0. The van der Waals surface area contributed by atoms with E-state index in [0.29, 0.717) is 0 Å². The summed E-state index contributed by atoms with van der Waals surface area (Å²) >= 11 is 0. The van der Waals surface area contributed by atoms with E-state index in [0.717, 1.165) is 12.8 Å². The zero-order valence-electron chi connectivity index (χ0n) is 10.9. The molecule has 0 aliphatic carbocycles. The standard InChI is InChI=1S/C12H26O2S/c1-7-9(3)11(5)15(13,14)12(6)10(4)8-2/h9-12H,7-8H2,1-6H3. The molecule has 0 aromatic heterocycles. The number of sulfone groups is 1. The van der Waals surface area contributed by atoms with Gasteiger partial charge in [0.2, 0.25) is 0 Å². The largest absolute Gasteiger partial charge is 0.228 e. The van der Waals surface area contributed by atoms with Crippen LogP contribution in [-0.2, 0) is 9.84 Å². The van der Waals surface area contributed by atoms with Gasteiger partial charge in [0.25, 0.3) is 0 Å². The summed E-state index contributed by atoms with van der Waals surface area (Å²) in [6, 6.07) is 0. The molecule has 15 heavy (non-hydrogen) atoms. The molecular weight excluding hydrogens is 208 g/mol. The Morgan fingerprint density at radius 1 is 0.800 bits per heavy atom. The van der Waals surface area contributed by atoms with E-state index in [2.05, 4.69) is 0 Å². The predicted molar refractivity (Wildman–Crippen MR) is 66.8 cm³/mol. The van der Waals surface area contributed by atoms with Crippen molar-refractivity contribution < 1.29 is 8.42 Å². The van der Waals surface area contributed by atoms with E-state index in [-0.39, 0.29) is 22.3 Å². The molecule has 0 aromatic carbocycles. The van der Waals surface area contributed by atoms with Crippen LogP contribution in [0.15, 0.2) is 0 Å². The second-order valence-electron chi connectivity index (χ2n) is 4.77. The molecule has 4 atom stereocenters. The van der Waals surface area contributed by atoms with Crippen molar-refractivity contribution in [2.45, 2.75) is 64.9 Å². The summed E-state index contributed by atoms with van der Waals surface area (Å²) in [4.78, 5) is 0. The van der Waals surface area contributed by atoms with Gasteiger partial charge in [0.1, 0.15) is 0 Å². The molecule has 0 rings (SSSR count). The van der Waals surface area contributed by atoms with Crippen LogP contribution in [0.1, 0.15) is 54.4 Å². The zero-order valence-corrected chi connectivity index (χ0v) is 11.8. The Morgan fingerprint density at radius 3 is 1.27 bits per heavy atom. The van der Waals surface area contributed by atoms with Gasteiger partial charge in [-0.1, -0.05) is 40.5 Å². The smallest absolute Gasteiger partial charge is 0.155 e. The van der Waals surface area contributed by atoms with Gasteiger partial charge in [0.05, 0.1) is 10.5 Å². The van der Waals surface area contributed by atoms with Gasteiger partial charge in [-0.25, -0.2) is 8.42 Å². The summed E-state index contributed by atoms with van der Waals surface area (Å²) in [5, 5.41) is -0.432. The lowest BCUT2D eigenvalue weighted by atomic mass is 10.1. The Labute approximate surface area is 95.4 Å². The zero-order chi connectivity index (χ0) is 12.2. The van der Waals surface area contributed by atoms with Gasteiger partial charge in [-0.3, -0.25) is 0 Å². The fraction of sp³-hybridized carbons (Fsp3) is 1.00. The van der Waals surface area contributed by atoms with E-state index in [9.17, 15) is 8.42 Å².